The Balaban J connectivity index is 2.16. The lowest BCUT2D eigenvalue weighted by Crippen LogP contribution is -2.36. The molecule has 0 spiro atoms. The second-order valence-corrected chi connectivity index (χ2v) is 10.7. The number of allylic oxidation sites excluding steroid dienone is 1. The van der Waals surface area contributed by atoms with Crippen LogP contribution in [0.5, 0.6) is 0 Å². The second kappa shape index (κ2) is 5.82. The summed E-state index contributed by atoms with van der Waals surface area (Å²) in [5, 5.41) is 0. The maximum Gasteiger partial charge on any atom is 0.244 e. The third-order valence-corrected chi connectivity index (χ3v) is 4.06. The quantitative estimate of drug-likeness (QED) is 0.757. The minimum atomic E-state index is -1.54. The van der Waals surface area contributed by atoms with Gasteiger partial charge in [-0.25, -0.2) is 0 Å². The van der Waals surface area contributed by atoms with Crippen molar-refractivity contribution in [3.05, 3.63) is 47.4 Å². The molecule has 1 heterocycles. The SMILES string of the molecule is CC1=C(O[Si](C)(C)C)N(Cc2ccccc2)CCC1. The highest BCUT2D eigenvalue weighted by molar-refractivity contribution is 6.70. The average Bonchev–Trinajstić information content (AvgIpc) is 2.34. The fourth-order valence-electron chi connectivity index (χ4n) is 2.41. The van der Waals surface area contributed by atoms with Crippen molar-refractivity contribution < 1.29 is 4.43 Å². The molecule has 1 aromatic rings. The standard InChI is InChI=1S/C16H25NOSi/c1-14-9-8-12-17(16(14)18-19(2,3)4)13-15-10-6-5-7-11-15/h5-7,10-11H,8-9,12-13H2,1-4H3. The van der Waals surface area contributed by atoms with Crippen LogP contribution in [0.3, 0.4) is 0 Å². The van der Waals surface area contributed by atoms with Crippen LogP contribution in [0.15, 0.2) is 41.8 Å². The molecule has 19 heavy (non-hydrogen) atoms. The zero-order chi connectivity index (χ0) is 13.9. The van der Waals surface area contributed by atoms with Crippen molar-refractivity contribution in [3.8, 4) is 0 Å². The molecule has 0 atom stereocenters. The Morgan fingerprint density at radius 3 is 2.47 bits per heavy atom. The highest BCUT2D eigenvalue weighted by atomic mass is 28.4. The molecule has 1 aliphatic rings. The molecule has 0 fully saturated rings. The number of nitrogens with zero attached hydrogens (tertiary/aromatic N) is 1. The first kappa shape index (κ1) is 14.2. The van der Waals surface area contributed by atoms with Crippen LogP contribution >= 0.6 is 0 Å². The van der Waals surface area contributed by atoms with E-state index in [0.29, 0.717) is 0 Å². The Morgan fingerprint density at radius 1 is 1.16 bits per heavy atom. The van der Waals surface area contributed by atoms with E-state index in [1.54, 1.807) is 0 Å². The molecule has 0 bridgehead atoms. The molecular weight excluding hydrogens is 250 g/mol. The van der Waals surface area contributed by atoms with Crippen LogP contribution in [0.1, 0.15) is 25.3 Å². The molecular formula is C16H25NOSi. The van der Waals surface area contributed by atoms with Gasteiger partial charge in [-0.2, -0.15) is 0 Å². The van der Waals surface area contributed by atoms with Crippen molar-refractivity contribution in [2.45, 2.75) is 46.0 Å². The summed E-state index contributed by atoms with van der Waals surface area (Å²) in [6, 6.07) is 10.7. The van der Waals surface area contributed by atoms with E-state index in [9.17, 15) is 0 Å². The Hall–Kier alpha value is -1.22. The Bertz CT molecular complexity index is 448. The summed E-state index contributed by atoms with van der Waals surface area (Å²) in [6.07, 6.45) is 2.41. The van der Waals surface area contributed by atoms with E-state index < -0.39 is 8.32 Å². The summed E-state index contributed by atoms with van der Waals surface area (Å²) in [5.41, 5.74) is 2.76. The topological polar surface area (TPSA) is 12.5 Å². The van der Waals surface area contributed by atoms with Crippen LogP contribution in [0, 0.1) is 0 Å². The molecule has 104 valence electrons. The third-order valence-electron chi connectivity index (χ3n) is 3.25. The summed E-state index contributed by atoms with van der Waals surface area (Å²) in [4.78, 5) is 2.41. The minimum absolute atomic E-state index is 0.956. The van der Waals surface area contributed by atoms with Gasteiger partial charge in [0.15, 0.2) is 5.88 Å². The van der Waals surface area contributed by atoms with Gasteiger partial charge in [-0.1, -0.05) is 30.3 Å². The predicted octanol–water partition coefficient (Wildman–Crippen LogP) is 4.37. The Morgan fingerprint density at radius 2 is 1.84 bits per heavy atom. The lowest BCUT2D eigenvalue weighted by molar-refractivity contribution is 0.182. The van der Waals surface area contributed by atoms with Crippen LogP contribution in [0.2, 0.25) is 19.6 Å². The molecule has 0 aliphatic carbocycles. The van der Waals surface area contributed by atoms with Gasteiger partial charge in [0.05, 0.1) is 0 Å². The van der Waals surface area contributed by atoms with Crippen molar-refractivity contribution in [2.24, 2.45) is 0 Å². The lowest BCUT2D eigenvalue weighted by atomic mass is 10.1. The maximum atomic E-state index is 6.32. The molecule has 0 amide bonds. The first-order chi connectivity index (χ1) is 8.96. The molecule has 0 radical (unpaired) electrons. The zero-order valence-corrected chi connectivity index (χ0v) is 13.6. The smallest absolute Gasteiger partial charge is 0.244 e. The molecule has 0 saturated carbocycles. The summed E-state index contributed by atoms with van der Waals surface area (Å²) >= 11 is 0. The lowest BCUT2D eigenvalue weighted by Gasteiger charge is -2.36. The number of hydrogen-bond donors (Lipinski definition) is 0. The van der Waals surface area contributed by atoms with Crippen molar-refractivity contribution in [1.82, 2.24) is 4.90 Å². The van der Waals surface area contributed by atoms with Crippen LogP contribution < -0.4 is 0 Å². The van der Waals surface area contributed by atoms with Gasteiger partial charge < -0.3 is 9.33 Å². The van der Waals surface area contributed by atoms with Gasteiger partial charge in [-0.3, -0.25) is 0 Å². The molecule has 0 saturated heterocycles. The van der Waals surface area contributed by atoms with E-state index >= 15 is 0 Å². The Labute approximate surface area is 118 Å². The number of rotatable bonds is 4. The minimum Gasteiger partial charge on any atom is -0.533 e. The van der Waals surface area contributed by atoms with E-state index in [4.69, 9.17) is 4.43 Å². The van der Waals surface area contributed by atoms with Gasteiger partial charge >= 0.3 is 0 Å². The largest absolute Gasteiger partial charge is 0.533 e. The fraction of sp³-hybridized carbons (Fsp3) is 0.500. The van der Waals surface area contributed by atoms with E-state index in [0.717, 1.165) is 19.0 Å². The van der Waals surface area contributed by atoms with Crippen molar-refractivity contribution >= 4 is 8.32 Å². The molecule has 1 aliphatic heterocycles. The first-order valence-corrected chi connectivity index (χ1v) is 10.5. The summed E-state index contributed by atoms with van der Waals surface area (Å²) < 4.78 is 6.32. The van der Waals surface area contributed by atoms with Gasteiger partial charge in [0.25, 0.3) is 0 Å². The van der Waals surface area contributed by atoms with Crippen LogP contribution in [0.4, 0.5) is 0 Å². The fourth-order valence-corrected chi connectivity index (χ4v) is 3.29. The first-order valence-electron chi connectivity index (χ1n) is 7.13. The normalized spacial score (nSPS) is 16.7. The Kier molecular flexibility index (Phi) is 4.35. The van der Waals surface area contributed by atoms with Crippen molar-refractivity contribution in [2.75, 3.05) is 6.54 Å². The van der Waals surface area contributed by atoms with Gasteiger partial charge in [0.2, 0.25) is 8.32 Å². The summed E-state index contributed by atoms with van der Waals surface area (Å²) in [5.74, 6) is 1.15. The van der Waals surface area contributed by atoms with Crippen LogP contribution in [-0.4, -0.2) is 19.8 Å². The molecule has 1 aromatic carbocycles. The van der Waals surface area contributed by atoms with E-state index in [1.807, 2.05) is 0 Å². The highest BCUT2D eigenvalue weighted by Gasteiger charge is 2.25. The molecule has 0 N–H and O–H groups in total. The van der Waals surface area contributed by atoms with Crippen molar-refractivity contribution in [1.29, 1.82) is 0 Å². The van der Waals surface area contributed by atoms with Gasteiger partial charge in [0, 0.05) is 13.1 Å². The van der Waals surface area contributed by atoms with Crippen molar-refractivity contribution in [3.63, 3.8) is 0 Å². The molecule has 2 rings (SSSR count). The van der Waals surface area contributed by atoms with Gasteiger partial charge in [-0.05, 0) is 50.5 Å². The number of benzene rings is 1. The van der Waals surface area contributed by atoms with Crippen LogP contribution in [0.25, 0.3) is 0 Å². The summed E-state index contributed by atoms with van der Waals surface area (Å²) in [6.45, 7) is 11.0. The molecule has 0 unspecified atom stereocenters. The zero-order valence-electron chi connectivity index (χ0n) is 12.6. The summed E-state index contributed by atoms with van der Waals surface area (Å²) in [7, 11) is -1.54. The van der Waals surface area contributed by atoms with Gasteiger partial charge in [-0.15, -0.1) is 0 Å². The second-order valence-electron chi connectivity index (χ2n) is 6.31. The van der Waals surface area contributed by atoms with Gasteiger partial charge in [0.1, 0.15) is 0 Å². The molecule has 2 nitrogen and oxygen atoms in total. The number of hydrogen-bond acceptors (Lipinski definition) is 2. The predicted molar refractivity (Wildman–Crippen MR) is 83.2 cm³/mol. The average molecular weight is 275 g/mol. The van der Waals surface area contributed by atoms with E-state index in [2.05, 4.69) is 61.8 Å². The van der Waals surface area contributed by atoms with E-state index in [-0.39, 0.29) is 0 Å². The monoisotopic (exact) mass is 275 g/mol. The molecule has 3 heteroatoms. The highest BCUT2D eigenvalue weighted by Crippen LogP contribution is 2.27. The molecule has 0 aromatic heterocycles. The third kappa shape index (κ3) is 4.13. The van der Waals surface area contributed by atoms with E-state index in [1.165, 1.54) is 24.0 Å². The maximum absolute atomic E-state index is 6.32. The van der Waals surface area contributed by atoms with Crippen LogP contribution in [-0.2, 0) is 11.0 Å².